The van der Waals surface area contributed by atoms with Crippen LogP contribution < -0.4 is 20.3 Å². The molecule has 0 saturated carbocycles. The Bertz CT molecular complexity index is 3560. The monoisotopic (exact) mass is 1030 g/mol. The second kappa shape index (κ2) is 20.5. The summed E-state index contributed by atoms with van der Waals surface area (Å²) in [5.41, 5.74) is 2.50. The predicted molar refractivity (Wildman–Crippen MR) is 283 cm³/mol. The van der Waals surface area contributed by atoms with Crippen LogP contribution in [0.5, 0.6) is 5.75 Å². The number of cyclic esters (lactones) is 1. The number of imide groups is 1. The van der Waals surface area contributed by atoms with Gasteiger partial charge in [-0.1, -0.05) is 139 Å². The Labute approximate surface area is 440 Å². The van der Waals surface area contributed by atoms with Crippen LogP contribution in [0.2, 0.25) is 0 Å². The van der Waals surface area contributed by atoms with Crippen LogP contribution in [0.25, 0.3) is 21.3 Å². The van der Waals surface area contributed by atoms with E-state index in [-0.39, 0.29) is 36.1 Å². The lowest BCUT2D eigenvalue weighted by Crippen LogP contribution is -2.57. The summed E-state index contributed by atoms with van der Waals surface area (Å²) >= 11 is 1.23. The smallest absolute Gasteiger partial charge is 0.329 e. The number of hydrogen-bond donors (Lipinski definition) is 3. The van der Waals surface area contributed by atoms with Crippen molar-refractivity contribution in [1.29, 1.82) is 0 Å². The van der Waals surface area contributed by atoms with Gasteiger partial charge in [0.25, 0.3) is 0 Å². The lowest BCUT2D eigenvalue weighted by Gasteiger charge is -2.46. The fraction of sp³-hybridized carbons (Fsp3) is 0.241. The minimum absolute atomic E-state index is 0.00538. The van der Waals surface area contributed by atoms with E-state index in [4.69, 9.17) is 19.2 Å². The third-order valence-corrected chi connectivity index (χ3v) is 15.3. The summed E-state index contributed by atoms with van der Waals surface area (Å²) in [7, 11) is 1.21. The maximum absolute atomic E-state index is 16.8. The fourth-order valence-corrected chi connectivity index (χ4v) is 11.9. The van der Waals surface area contributed by atoms with Gasteiger partial charge in [0.15, 0.2) is 5.13 Å². The Kier molecular flexibility index (Phi) is 13.3. The summed E-state index contributed by atoms with van der Waals surface area (Å²) < 4.78 is 20.0. The number of aromatic nitrogens is 4. The van der Waals surface area contributed by atoms with Gasteiger partial charge >= 0.3 is 18.0 Å². The molecule has 2 aromatic heterocycles. The van der Waals surface area contributed by atoms with Crippen molar-refractivity contribution in [3.8, 4) is 17.6 Å². The SMILES string of the molecule is COC(=O)C(NC(=O)N1C(=O)C2(c3cc(C#CCn4nnc5ccccc54)ccc31)C(C(=O)Nc1nc3ccccc3s1)C1C(=O)OC(c3ccccc3)C(c3ccccc3)N1C2c1ccc(OCCO)cc1)C(C)C. The second-order valence-electron chi connectivity index (χ2n) is 19.0. The number of benzene rings is 6. The lowest BCUT2D eigenvalue weighted by atomic mass is 9.65. The number of aliphatic hydroxyl groups excluding tert-OH is 1. The number of anilines is 2. The molecule has 17 nitrogen and oxygen atoms in total. The molecular weight excluding hydrogens is 985 g/mol. The minimum atomic E-state index is -2.17. The number of methoxy groups -OCH3 is 1. The minimum Gasteiger partial charge on any atom is -0.491 e. The zero-order valence-electron chi connectivity index (χ0n) is 41.4. The van der Waals surface area contributed by atoms with Crippen LogP contribution in [0.4, 0.5) is 15.6 Å². The van der Waals surface area contributed by atoms with Crippen molar-refractivity contribution in [2.75, 3.05) is 30.5 Å². The van der Waals surface area contributed by atoms with Crippen molar-refractivity contribution in [2.24, 2.45) is 11.8 Å². The second-order valence-corrected chi connectivity index (χ2v) is 20.0. The summed E-state index contributed by atoms with van der Waals surface area (Å²) in [6.45, 7) is 3.37. The Morgan fingerprint density at radius 3 is 2.24 bits per heavy atom. The van der Waals surface area contributed by atoms with Crippen molar-refractivity contribution >= 4 is 73.2 Å². The molecule has 3 aliphatic heterocycles. The van der Waals surface area contributed by atoms with Crippen molar-refractivity contribution in [1.82, 2.24) is 30.2 Å². The number of carbonyl (C=O) groups excluding carboxylic acids is 5. The summed E-state index contributed by atoms with van der Waals surface area (Å²) in [4.78, 5) is 84.8. The van der Waals surface area contributed by atoms with Crippen molar-refractivity contribution in [2.45, 2.75) is 56.1 Å². The summed E-state index contributed by atoms with van der Waals surface area (Å²) in [6, 6.07) is 39.7. The number of thiazole rings is 1. The molecule has 11 rings (SSSR count). The number of esters is 2. The van der Waals surface area contributed by atoms with E-state index in [0.717, 1.165) is 15.1 Å². The Morgan fingerprint density at radius 1 is 0.829 bits per heavy atom. The van der Waals surface area contributed by atoms with Crippen LogP contribution in [-0.2, 0) is 40.6 Å². The summed E-state index contributed by atoms with van der Waals surface area (Å²) in [5.74, 6) is 1.61. The number of morpholine rings is 1. The highest BCUT2D eigenvalue weighted by molar-refractivity contribution is 7.22. The first kappa shape index (κ1) is 49.5. The van der Waals surface area contributed by atoms with E-state index in [1.54, 1.807) is 61.0 Å². The quantitative estimate of drug-likeness (QED) is 0.0794. The van der Waals surface area contributed by atoms with Gasteiger partial charge in [0, 0.05) is 5.56 Å². The third kappa shape index (κ3) is 8.57. The molecule has 2 saturated heterocycles. The maximum atomic E-state index is 16.8. The van der Waals surface area contributed by atoms with E-state index in [9.17, 15) is 9.90 Å². The molecule has 2 fully saturated rings. The number of para-hydroxylation sites is 2. The van der Waals surface area contributed by atoms with E-state index in [2.05, 4.69) is 32.8 Å². The van der Waals surface area contributed by atoms with Gasteiger partial charge in [-0.3, -0.25) is 19.3 Å². The van der Waals surface area contributed by atoms with Crippen LogP contribution >= 0.6 is 11.3 Å². The molecule has 1 spiro atoms. The molecule has 5 heterocycles. The highest BCUT2D eigenvalue weighted by Crippen LogP contribution is 2.66. The summed E-state index contributed by atoms with van der Waals surface area (Å²) in [5, 5.41) is 24.3. The zero-order valence-corrected chi connectivity index (χ0v) is 42.2. The molecular formula is C58H50N8O9S. The Balaban J connectivity index is 1.18. The number of nitrogens with zero attached hydrogens (tertiary/aromatic N) is 6. The van der Waals surface area contributed by atoms with E-state index >= 15 is 19.2 Å². The normalized spacial score (nSPS) is 21.2. The lowest BCUT2D eigenvalue weighted by molar-refractivity contribution is -0.177. The number of fused-ring (bicyclic) bond motifs is 5. The van der Waals surface area contributed by atoms with E-state index in [0.29, 0.717) is 39.0 Å². The first-order valence-electron chi connectivity index (χ1n) is 24.7. The molecule has 7 atom stereocenters. The molecule has 3 aliphatic rings. The zero-order chi connectivity index (χ0) is 52.7. The van der Waals surface area contributed by atoms with Crippen LogP contribution in [0, 0.1) is 23.7 Å². The van der Waals surface area contributed by atoms with Gasteiger partial charge in [-0.2, -0.15) is 0 Å². The standard InChI is InChI=1S/C58H50N8O9S/c1-34(2)47(53(69)73-3)60-57(72)65-43-29-24-35(15-14-30-64-44-22-12-10-20-41(44)62-63-64)33-40(43)58(55(65)71)46(52(68)61-56-59-42-21-11-13-23-45(42)76-56)49-54(70)75-50(37-18-8-5-9-19-37)48(36-16-6-4-7-17-36)66(49)51(58)38-25-27-39(28-26-38)74-32-31-67/h4-13,16-29,33-34,46-51,67H,30-32H2,1-3H3,(H,60,72)(H,59,61,68). The molecule has 7 unspecified atom stereocenters. The molecule has 0 radical (unpaired) electrons. The number of urea groups is 1. The van der Waals surface area contributed by atoms with Gasteiger partial charge in [0.05, 0.1) is 53.1 Å². The van der Waals surface area contributed by atoms with Gasteiger partial charge in [-0.25, -0.2) is 24.2 Å². The van der Waals surface area contributed by atoms with Gasteiger partial charge in [0.2, 0.25) is 11.8 Å². The highest BCUT2D eigenvalue weighted by Gasteiger charge is 2.75. The van der Waals surface area contributed by atoms with Gasteiger partial charge in [-0.15, -0.1) is 5.10 Å². The number of carbonyl (C=O) groups is 5. The first-order chi connectivity index (χ1) is 37.0. The van der Waals surface area contributed by atoms with Gasteiger partial charge < -0.3 is 30.0 Å². The average molecular weight is 1040 g/mol. The molecule has 4 amide bonds. The van der Waals surface area contributed by atoms with Crippen molar-refractivity contribution in [3.05, 3.63) is 179 Å². The largest absolute Gasteiger partial charge is 0.491 e. The molecule has 382 valence electrons. The first-order valence-corrected chi connectivity index (χ1v) is 25.6. The van der Waals surface area contributed by atoms with Crippen LogP contribution in [0.3, 0.4) is 0 Å². The van der Waals surface area contributed by atoms with Crippen molar-refractivity contribution < 1.29 is 43.3 Å². The Hall–Kier alpha value is -8.76. The number of ether oxygens (including phenoxy) is 3. The van der Waals surface area contributed by atoms with Gasteiger partial charge in [0.1, 0.15) is 48.0 Å². The number of rotatable bonds is 12. The van der Waals surface area contributed by atoms with Gasteiger partial charge in [-0.05, 0) is 82.8 Å². The third-order valence-electron chi connectivity index (χ3n) is 14.3. The number of aliphatic hydroxyl groups is 1. The molecule has 8 aromatic rings. The number of hydrogen-bond acceptors (Lipinski definition) is 14. The maximum Gasteiger partial charge on any atom is 0.329 e. The summed E-state index contributed by atoms with van der Waals surface area (Å²) in [6.07, 6.45) is -0.975. The molecule has 76 heavy (non-hydrogen) atoms. The van der Waals surface area contributed by atoms with E-state index < -0.39 is 77.3 Å². The molecule has 6 aromatic carbocycles. The topological polar surface area (TPSA) is 207 Å². The Morgan fingerprint density at radius 2 is 1.53 bits per heavy atom. The molecule has 0 aliphatic carbocycles. The van der Waals surface area contributed by atoms with E-state index in [1.165, 1.54) is 18.4 Å². The molecule has 0 bridgehead atoms. The number of amides is 4. The van der Waals surface area contributed by atoms with Crippen LogP contribution in [0.1, 0.15) is 59.9 Å². The van der Waals surface area contributed by atoms with Crippen LogP contribution in [0.15, 0.2) is 152 Å². The van der Waals surface area contributed by atoms with Crippen molar-refractivity contribution in [3.63, 3.8) is 0 Å². The highest BCUT2D eigenvalue weighted by atomic mass is 32.1. The number of nitrogens with one attached hydrogen (secondary N) is 2. The molecule has 18 heteroatoms. The fourth-order valence-electron chi connectivity index (χ4n) is 11.1. The average Bonchev–Trinajstić information content (AvgIpc) is 4.32. The van der Waals surface area contributed by atoms with Crippen LogP contribution in [-0.4, -0.2) is 92.2 Å². The van der Waals surface area contributed by atoms with E-state index in [1.807, 2.05) is 114 Å². The predicted octanol–water partition coefficient (Wildman–Crippen LogP) is 7.68. The molecule has 3 N–H and O–H groups in total.